The first-order chi connectivity index (χ1) is 29.7. The van der Waals surface area contributed by atoms with Gasteiger partial charge in [0.05, 0.1) is 35.9 Å². The lowest BCUT2D eigenvalue weighted by molar-refractivity contribution is -0.301. The smallest absolute Gasteiger partial charge is 0.458 e. The monoisotopic (exact) mass is 880 g/mol. The van der Waals surface area contributed by atoms with E-state index >= 15 is 0 Å². The summed E-state index contributed by atoms with van der Waals surface area (Å²) in [5, 5.41) is 22.9. The van der Waals surface area contributed by atoms with Gasteiger partial charge < -0.3 is 48.5 Å². The molecule has 17 heteroatoms. The van der Waals surface area contributed by atoms with E-state index in [1.54, 1.807) is 66.0 Å². The molecule has 1 aromatic heterocycles. The molecule has 0 saturated carbocycles. The van der Waals surface area contributed by atoms with E-state index in [1.807, 2.05) is 56.3 Å². The lowest BCUT2D eigenvalue weighted by Gasteiger charge is -2.48. The van der Waals surface area contributed by atoms with Crippen LogP contribution in [-0.4, -0.2) is 131 Å². The number of Topliss-reactive ketones (excluding diaryl/α,β-unsaturated/α-hetero) is 1. The Morgan fingerprint density at radius 2 is 1.73 bits per heavy atom. The molecule has 3 aliphatic heterocycles. The summed E-state index contributed by atoms with van der Waals surface area (Å²) in [6, 6.07) is 9.93. The van der Waals surface area contributed by atoms with Gasteiger partial charge in [0.1, 0.15) is 30.2 Å². The summed E-state index contributed by atoms with van der Waals surface area (Å²) >= 11 is 0. The Morgan fingerprint density at radius 3 is 2.35 bits per heavy atom. The molecule has 3 fully saturated rings. The summed E-state index contributed by atoms with van der Waals surface area (Å²) in [5.74, 6) is -5.67. The number of nitrogens with zero attached hydrogens (tertiary/aromatic N) is 3. The van der Waals surface area contributed by atoms with Crippen LogP contribution in [0.3, 0.4) is 0 Å². The highest BCUT2D eigenvalue weighted by atomic mass is 16.8. The number of aliphatic hydroxyl groups excluding tert-OH is 1. The van der Waals surface area contributed by atoms with Gasteiger partial charge in [0, 0.05) is 36.4 Å². The van der Waals surface area contributed by atoms with Gasteiger partial charge in [0.15, 0.2) is 18.0 Å². The van der Waals surface area contributed by atoms with E-state index in [0.717, 1.165) is 16.8 Å². The van der Waals surface area contributed by atoms with Gasteiger partial charge in [-0.1, -0.05) is 58.0 Å². The second-order valence-electron chi connectivity index (χ2n) is 17.8. The molecule has 2 N–H and O–H groups in total. The molecular weight excluding hydrogens is 817 g/mol. The lowest BCUT2D eigenvalue weighted by atomic mass is 9.73. The third-order valence-corrected chi connectivity index (χ3v) is 12.7. The largest absolute Gasteiger partial charge is 0.509 e. The number of esters is 2. The Bertz CT molecular complexity index is 1950. The zero-order chi connectivity index (χ0) is 46.4. The fourth-order valence-electron chi connectivity index (χ4n) is 9.28. The van der Waals surface area contributed by atoms with Crippen molar-refractivity contribution in [2.75, 3.05) is 20.7 Å². The Balaban J connectivity index is 1.52. The molecule has 0 spiro atoms. The molecule has 3 saturated heterocycles. The zero-order valence-corrected chi connectivity index (χ0v) is 38.1. The Morgan fingerprint density at radius 1 is 1.03 bits per heavy atom. The Hall–Kier alpha value is -4.97. The average Bonchev–Trinajstić information content (AvgIpc) is 3.56. The number of hydrogen-bond donors (Lipinski definition) is 2. The van der Waals surface area contributed by atoms with Gasteiger partial charge in [0.2, 0.25) is 0 Å². The van der Waals surface area contributed by atoms with E-state index in [-0.39, 0.29) is 37.4 Å². The molecule has 5 rings (SSSR count). The summed E-state index contributed by atoms with van der Waals surface area (Å²) in [6.45, 7) is 14.3. The fourth-order valence-corrected chi connectivity index (χ4v) is 9.28. The number of carbonyl (C=O) groups is 5. The number of ketones is 1. The van der Waals surface area contributed by atoms with Crippen LogP contribution in [-0.2, 0) is 47.5 Å². The normalized spacial score (nSPS) is 35.5. The maximum Gasteiger partial charge on any atom is 0.509 e. The summed E-state index contributed by atoms with van der Waals surface area (Å²) in [4.78, 5) is 69.6. The first-order valence-corrected chi connectivity index (χ1v) is 21.7. The van der Waals surface area contributed by atoms with Crippen LogP contribution in [0.15, 0.2) is 48.7 Å². The molecule has 63 heavy (non-hydrogen) atoms. The Kier molecular flexibility index (Phi) is 16.1. The second kappa shape index (κ2) is 20.7. The number of alkyl carbamates (subject to hydrolysis) is 1. The van der Waals surface area contributed by atoms with Crippen LogP contribution < -0.4 is 5.32 Å². The van der Waals surface area contributed by atoms with Gasteiger partial charge in [-0.15, -0.1) is 0 Å². The lowest BCUT2D eigenvalue weighted by Crippen LogP contribution is -2.61. The van der Waals surface area contributed by atoms with Crippen molar-refractivity contribution in [3.63, 3.8) is 0 Å². The molecule has 1 aromatic carbocycles. The maximum absolute atomic E-state index is 14.5. The van der Waals surface area contributed by atoms with Crippen LogP contribution in [0.5, 0.6) is 0 Å². The van der Waals surface area contributed by atoms with Crippen molar-refractivity contribution < 1.29 is 62.2 Å². The van der Waals surface area contributed by atoms with Gasteiger partial charge >= 0.3 is 24.2 Å². The summed E-state index contributed by atoms with van der Waals surface area (Å²) < 4.78 is 42.6. The highest BCUT2D eigenvalue weighted by Crippen LogP contribution is 2.41. The second-order valence-corrected chi connectivity index (χ2v) is 17.8. The van der Waals surface area contributed by atoms with E-state index in [4.69, 9.17) is 33.2 Å². The molecule has 2 aromatic rings. The Labute approximate surface area is 369 Å². The number of likely N-dealkylation sites (N-methyl/N-ethyl adjacent to an activating group) is 1. The number of hydrogen-bond acceptors (Lipinski definition) is 16. The molecule has 14 atom stereocenters. The van der Waals surface area contributed by atoms with E-state index < -0.39 is 95.8 Å². The number of aromatic nitrogens is 2. The van der Waals surface area contributed by atoms with Crippen LogP contribution in [0.2, 0.25) is 0 Å². The fraction of sp³-hybridized carbons (Fsp3) is 0.630. The molecule has 4 heterocycles. The number of cyclic esters (lactones) is 1. The van der Waals surface area contributed by atoms with Crippen molar-refractivity contribution in [2.45, 2.75) is 142 Å². The molecule has 1 amide bonds. The number of fused-ring (bicyclic) bond motifs is 1. The molecule has 17 nitrogen and oxygen atoms in total. The van der Waals surface area contributed by atoms with Crippen LogP contribution >= 0.6 is 0 Å². The molecule has 0 unspecified atom stereocenters. The van der Waals surface area contributed by atoms with Crippen molar-refractivity contribution in [2.24, 2.45) is 23.7 Å². The van der Waals surface area contributed by atoms with Gasteiger partial charge in [-0.3, -0.25) is 14.4 Å². The molecule has 346 valence electrons. The number of carbonyl (C=O) groups excluding carboxylic acids is 5. The van der Waals surface area contributed by atoms with Crippen LogP contribution in [0.1, 0.15) is 87.1 Å². The van der Waals surface area contributed by atoms with Crippen molar-refractivity contribution in [3.05, 3.63) is 54.2 Å². The number of nitrogens with one attached hydrogen (secondary N) is 1. The minimum absolute atomic E-state index is 0.174. The van der Waals surface area contributed by atoms with Crippen LogP contribution in [0.25, 0.3) is 17.3 Å². The number of amides is 1. The third-order valence-electron chi connectivity index (χ3n) is 12.7. The first kappa shape index (κ1) is 49.1. The maximum atomic E-state index is 14.5. The third kappa shape index (κ3) is 11.4. The van der Waals surface area contributed by atoms with Gasteiger partial charge in [-0.2, -0.15) is 10.2 Å². The number of benzene rings is 1. The molecule has 0 bridgehead atoms. The summed E-state index contributed by atoms with van der Waals surface area (Å²) in [5.41, 5.74) is -0.800. The van der Waals surface area contributed by atoms with Gasteiger partial charge in [0.25, 0.3) is 0 Å². The van der Waals surface area contributed by atoms with Gasteiger partial charge in [-0.25, -0.2) is 9.59 Å². The molecule has 0 aliphatic carbocycles. The summed E-state index contributed by atoms with van der Waals surface area (Å²) in [7, 11) is 3.68. The van der Waals surface area contributed by atoms with E-state index in [2.05, 4.69) is 15.5 Å². The minimum atomic E-state index is -1.79. The number of rotatable bonds is 10. The first-order valence-electron chi connectivity index (χ1n) is 21.7. The molecule has 3 aliphatic rings. The zero-order valence-electron chi connectivity index (χ0n) is 38.1. The molecular formula is C46H64N4O13. The summed E-state index contributed by atoms with van der Waals surface area (Å²) in [6.07, 6.45) is -2.76. The minimum Gasteiger partial charge on any atom is -0.458 e. The van der Waals surface area contributed by atoms with E-state index in [9.17, 15) is 29.1 Å². The van der Waals surface area contributed by atoms with Crippen LogP contribution in [0.4, 0.5) is 9.59 Å². The standard InChI is InChI=1S/C46H64N4O13/c1-12-35-46(9)39(48-43(55)62-46)27(4)36(52)25(2)24-45(8,63-44(56)57-22-14-15-31-17-19-32(20-18-31)33-16-13-21-47-49-33)40(28(5)37(53)29(6)41(54)60-35)61-42-38(59-30(7)51)34(50(10)11)23-26(3)58-42/h13-21,25-29,34-35,37-40,42,53H,12,22-24H2,1-11H3,(H,48,55)/t25-,26-,27+,28+,29-,34+,35-,37+,38-,39-,40-,42+,45-,46-/m1/s1. The SMILES string of the molecule is CC[C@H]1OC(=O)[C@H](C)[C@@H](O)[C@H](C)[C@@H](O[C@@H]2O[C@H](C)C[C@H](N(C)C)[C@H]2OC(C)=O)[C@](C)(OC(=O)OCC=Cc2ccc(-c3cccnn3)cc2)C[C@@H](C)C(=O)[C@H](C)[C@H]2NC(=O)O[C@@]21C. The number of aliphatic hydroxyl groups is 1. The van der Waals surface area contributed by atoms with Crippen molar-refractivity contribution in [3.8, 4) is 11.3 Å². The van der Waals surface area contributed by atoms with E-state index in [0.29, 0.717) is 6.42 Å². The quantitative estimate of drug-likeness (QED) is 0.222. The topological polar surface area (TPSA) is 211 Å². The van der Waals surface area contributed by atoms with Crippen molar-refractivity contribution >= 4 is 36.0 Å². The van der Waals surface area contributed by atoms with E-state index in [1.165, 1.54) is 13.8 Å². The average molecular weight is 881 g/mol. The highest BCUT2D eigenvalue weighted by Gasteiger charge is 2.58. The van der Waals surface area contributed by atoms with Crippen LogP contribution in [0, 0.1) is 23.7 Å². The number of ether oxygens (including phenoxy) is 7. The predicted molar refractivity (Wildman–Crippen MR) is 228 cm³/mol. The predicted octanol–water partition coefficient (Wildman–Crippen LogP) is 5.52. The van der Waals surface area contributed by atoms with Crippen molar-refractivity contribution in [1.82, 2.24) is 20.4 Å². The highest BCUT2D eigenvalue weighted by molar-refractivity contribution is 5.85. The van der Waals surface area contributed by atoms with Crippen molar-refractivity contribution in [1.29, 1.82) is 0 Å². The molecule has 0 radical (unpaired) electrons. The van der Waals surface area contributed by atoms with Gasteiger partial charge in [-0.05, 0) is 84.8 Å².